The summed E-state index contributed by atoms with van der Waals surface area (Å²) in [7, 11) is 0. The van der Waals surface area contributed by atoms with Crippen LogP contribution in [-0.4, -0.2) is 52.9 Å². The van der Waals surface area contributed by atoms with Gasteiger partial charge in [-0.25, -0.2) is 4.98 Å². The van der Waals surface area contributed by atoms with Gasteiger partial charge in [-0.2, -0.15) is 4.98 Å². The summed E-state index contributed by atoms with van der Waals surface area (Å²) in [6, 6.07) is 9.21. The summed E-state index contributed by atoms with van der Waals surface area (Å²) in [5.41, 5.74) is 1.18. The van der Waals surface area contributed by atoms with E-state index in [4.69, 9.17) is 4.74 Å². The Balaban J connectivity index is 1.31. The van der Waals surface area contributed by atoms with Crippen LogP contribution >= 0.6 is 0 Å². The maximum atomic E-state index is 12.4. The average molecular weight is 407 g/mol. The van der Waals surface area contributed by atoms with Gasteiger partial charge in [-0.3, -0.25) is 9.59 Å². The second-order valence-corrected chi connectivity index (χ2v) is 7.34. The van der Waals surface area contributed by atoms with E-state index in [1.807, 2.05) is 37.3 Å². The largest absolute Gasteiger partial charge is 0.476 e. The first kappa shape index (κ1) is 19.9. The summed E-state index contributed by atoms with van der Waals surface area (Å²) in [5, 5.41) is 3.35. The van der Waals surface area contributed by atoms with Crippen molar-refractivity contribution in [1.82, 2.24) is 20.3 Å². The van der Waals surface area contributed by atoms with Crippen molar-refractivity contribution in [3.05, 3.63) is 47.9 Å². The number of ketones is 1. The molecule has 0 unspecified atom stereocenters. The SMILES string of the molecule is Cc1nc(OCCNC(=O)C(=O)c2c[nH]c3ccccc23)cc(N2CCCCC2)n1. The zero-order chi connectivity index (χ0) is 20.9. The minimum absolute atomic E-state index is 0.203. The van der Waals surface area contributed by atoms with E-state index in [-0.39, 0.29) is 13.2 Å². The summed E-state index contributed by atoms with van der Waals surface area (Å²) in [6.07, 6.45) is 5.14. The topological polar surface area (TPSA) is 100 Å². The van der Waals surface area contributed by atoms with Crippen LogP contribution in [-0.2, 0) is 4.79 Å². The number of H-pyrrole nitrogens is 1. The van der Waals surface area contributed by atoms with Crippen molar-refractivity contribution in [2.45, 2.75) is 26.2 Å². The molecule has 0 radical (unpaired) electrons. The zero-order valence-electron chi connectivity index (χ0n) is 17.0. The first-order valence-corrected chi connectivity index (χ1v) is 10.2. The van der Waals surface area contributed by atoms with Crippen molar-refractivity contribution in [3.63, 3.8) is 0 Å². The van der Waals surface area contributed by atoms with Crippen LogP contribution in [0.3, 0.4) is 0 Å². The number of hydrogen-bond acceptors (Lipinski definition) is 6. The summed E-state index contributed by atoms with van der Waals surface area (Å²) in [4.78, 5) is 38.8. The third kappa shape index (κ3) is 4.42. The number of fused-ring (bicyclic) bond motifs is 1. The predicted octanol–water partition coefficient (Wildman–Crippen LogP) is 2.63. The van der Waals surface area contributed by atoms with Gasteiger partial charge < -0.3 is 19.9 Å². The molecule has 156 valence electrons. The van der Waals surface area contributed by atoms with Gasteiger partial charge in [0.2, 0.25) is 5.88 Å². The van der Waals surface area contributed by atoms with E-state index < -0.39 is 11.7 Å². The van der Waals surface area contributed by atoms with Crippen LogP contribution in [0.5, 0.6) is 5.88 Å². The fourth-order valence-electron chi connectivity index (χ4n) is 3.67. The molecule has 1 aliphatic heterocycles. The lowest BCUT2D eigenvalue weighted by Crippen LogP contribution is -2.34. The van der Waals surface area contributed by atoms with Crippen molar-refractivity contribution >= 4 is 28.4 Å². The molecule has 0 bridgehead atoms. The number of aromatic nitrogens is 3. The predicted molar refractivity (Wildman–Crippen MR) is 114 cm³/mol. The molecule has 1 aromatic carbocycles. The highest BCUT2D eigenvalue weighted by Gasteiger charge is 2.19. The number of rotatable bonds is 7. The molecular formula is C22H25N5O3. The quantitative estimate of drug-likeness (QED) is 0.355. The molecule has 1 fully saturated rings. The Morgan fingerprint density at radius 1 is 1.17 bits per heavy atom. The van der Waals surface area contributed by atoms with E-state index in [9.17, 15) is 9.59 Å². The molecule has 4 rings (SSSR count). The second kappa shape index (κ2) is 8.94. The molecule has 2 N–H and O–H groups in total. The lowest BCUT2D eigenvalue weighted by atomic mass is 10.1. The molecule has 1 aliphatic rings. The number of carbonyl (C=O) groups is 2. The Hall–Kier alpha value is -3.42. The molecule has 0 saturated carbocycles. The number of piperidine rings is 1. The molecule has 0 spiro atoms. The van der Waals surface area contributed by atoms with Crippen LogP contribution < -0.4 is 15.0 Å². The fourth-order valence-corrected chi connectivity index (χ4v) is 3.67. The summed E-state index contributed by atoms with van der Waals surface area (Å²) in [6.45, 7) is 4.23. The van der Waals surface area contributed by atoms with Gasteiger partial charge in [0.15, 0.2) is 0 Å². The van der Waals surface area contributed by atoms with Crippen LogP contribution in [0.1, 0.15) is 35.4 Å². The molecule has 1 amide bonds. The van der Waals surface area contributed by atoms with E-state index in [0.717, 1.165) is 42.7 Å². The van der Waals surface area contributed by atoms with Gasteiger partial charge in [-0.05, 0) is 32.3 Å². The number of aryl methyl sites for hydroxylation is 1. The van der Waals surface area contributed by atoms with Crippen molar-refractivity contribution in [3.8, 4) is 5.88 Å². The molecule has 8 nitrogen and oxygen atoms in total. The van der Waals surface area contributed by atoms with Crippen molar-refractivity contribution in [2.75, 3.05) is 31.1 Å². The normalized spacial score (nSPS) is 14.0. The lowest BCUT2D eigenvalue weighted by Gasteiger charge is -2.28. The molecule has 0 aliphatic carbocycles. The first-order chi connectivity index (χ1) is 14.6. The highest BCUT2D eigenvalue weighted by atomic mass is 16.5. The maximum absolute atomic E-state index is 12.4. The zero-order valence-corrected chi connectivity index (χ0v) is 17.0. The molecule has 3 aromatic rings. The van der Waals surface area contributed by atoms with Gasteiger partial charge in [0.25, 0.3) is 11.7 Å². The number of anilines is 1. The molecular weight excluding hydrogens is 382 g/mol. The third-order valence-corrected chi connectivity index (χ3v) is 5.16. The van der Waals surface area contributed by atoms with Gasteiger partial charge in [-0.1, -0.05) is 18.2 Å². The maximum Gasteiger partial charge on any atom is 0.292 e. The second-order valence-electron chi connectivity index (χ2n) is 7.34. The number of amides is 1. The van der Waals surface area contributed by atoms with Crippen molar-refractivity contribution in [2.24, 2.45) is 0 Å². The number of nitrogens with zero attached hydrogens (tertiary/aromatic N) is 3. The summed E-state index contributed by atoms with van der Waals surface area (Å²) in [5.74, 6) is 0.761. The molecule has 8 heteroatoms. The minimum Gasteiger partial charge on any atom is -0.476 e. The summed E-state index contributed by atoms with van der Waals surface area (Å²) >= 11 is 0. The number of aromatic amines is 1. The Bertz CT molecular complexity index is 1060. The number of para-hydroxylation sites is 1. The van der Waals surface area contributed by atoms with Crippen LogP contribution in [0, 0.1) is 6.92 Å². The number of benzene rings is 1. The molecule has 2 aromatic heterocycles. The van der Waals surface area contributed by atoms with E-state index in [1.54, 1.807) is 6.20 Å². The Morgan fingerprint density at radius 3 is 2.80 bits per heavy atom. The smallest absolute Gasteiger partial charge is 0.292 e. The van der Waals surface area contributed by atoms with Gasteiger partial charge in [0.1, 0.15) is 18.2 Å². The third-order valence-electron chi connectivity index (χ3n) is 5.16. The number of nitrogens with one attached hydrogen (secondary N) is 2. The number of ether oxygens (including phenoxy) is 1. The van der Waals surface area contributed by atoms with E-state index in [2.05, 4.69) is 25.2 Å². The van der Waals surface area contributed by atoms with Gasteiger partial charge in [-0.15, -0.1) is 0 Å². The van der Waals surface area contributed by atoms with Crippen LogP contribution in [0.25, 0.3) is 10.9 Å². The van der Waals surface area contributed by atoms with Crippen molar-refractivity contribution in [1.29, 1.82) is 0 Å². The van der Waals surface area contributed by atoms with E-state index >= 15 is 0 Å². The summed E-state index contributed by atoms with van der Waals surface area (Å²) < 4.78 is 5.70. The molecule has 3 heterocycles. The van der Waals surface area contributed by atoms with E-state index in [1.165, 1.54) is 6.42 Å². The molecule has 30 heavy (non-hydrogen) atoms. The molecule has 1 saturated heterocycles. The Kier molecular flexibility index (Phi) is 5.92. The van der Waals surface area contributed by atoms with Gasteiger partial charge in [0.05, 0.1) is 12.1 Å². The highest BCUT2D eigenvalue weighted by Crippen LogP contribution is 2.21. The lowest BCUT2D eigenvalue weighted by molar-refractivity contribution is -0.117. The highest BCUT2D eigenvalue weighted by molar-refractivity contribution is 6.44. The van der Waals surface area contributed by atoms with E-state index in [0.29, 0.717) is 17.3 Å². The standard InChI is InChI=1S/C22H25N5O3/c1-15-25-19(27-10-5-2-6-11-27)13-20(26-15)30-12-9-23-22(29)21(28)17-14-24-18-8-4-3-7-16(17)18/h3-4,7-8,13-14,24H,2,5-6,9-12H2,1H3,(H,23,29). The van der Waals surface area contributed by atoms with Crippen LogP contribution in [0.4, 0.5) is 5.82 Å². The Morgan fingerprint density at radius 2 is 1.97 bits per heavy atom. The molecule has 0 atom stereocenters. The van der Waals surface area contributed by atoms with Crippen LogP contribution in [0.2, 0.25) is 0 Å². The minimum atomic E-state index is -0.656. The first-order valence-electron chi connectivity index (χ1n) is 10.2. The fraction of sp³-hybridized carbons (Fsp3) is 0.364. The Labute approximate surface area is 174 Å². The number of hydrogen-bond donors (Lipinski definition) is 2. The van der Waals surface area contributed by atoms with Crippen LogP contribution in [0.15, 0.2) is 36.5 Å². The van der Waals surface area contributed by atoms with Crippen molar-refractivity contribution < 1.29 is 14.3 Å². The van der Waals surface area contributed by atoms with Gasteiger partial charge in [0, 0.05) is 36.3 Å². The number of carbonyl (C=O) groups excluding carboxylic acids is 2. The monoisotopic (exact) mass is 407 g/mol. The van der Waals surface area contributed by atoms with Gasteiger partial charge >= 0.3 is 0 Å². The average Bonchev–Trinajstić information content (AvgIpc) is 3.20. The number of Topliss-reactive ketones (excluding diaryl/α,β-unsaturated/α-hetero) is 1.